The fourth-order valence-electron chi connectivity index (χ4n) is 2.37. The number of aromatic nitrogens is 1. The van der Waals surface area contributed by atoms with Crippen molar-refractivity contribution in [1.29, 1.82) is 0 Å². The molecule has 1 atom stereocenters. The molecule has 0 saturated heterocycles. The van der Waals surface area contributed by atoms with E-state index in [-0.39, 0.29) is 0 Å². The summed E-state index contributed by atoms with van der Waals surface area (Å²) in [4.78, 5) is 4.57. The predicted molar refractivity (Wildman–Crippen MR) is 80.2 cm³/mol. The molecule has 0 aliphatic rings. The minimum atomic E-state index is 0.650. The molecule has 1 heterocycles. The third-order valence-electron chi connectivity index (χ3n) is 3.37. The average molecular weight is 268 g/mol. The summed E-state index contributed by atoms with van der Waals surface area (Å²) in [6.45, 7) is 8.93. The predicted octanol–water partition coefficient (Wildman–Crippen LogP) is 5.30. The Morgan fingerprint density at radius 3 is 2.44 bits per heavy atom. The summed E-state index contributed by atoms with van der Waals surface area (Å²) in [6, 6.07) is 2.10. The summed E-state index contributed by atoms with van der Waals surface area (Å²) in [5.74, 6) is 1.37. The molecule has 0 saturated carbocycles. The lowest BCUT2D eigenvalue weighted by Gasteiger charge is -2.14. The Morgan fingerprint density at radius 2 is 1.94 bits per heavy atom. The van der Waals surface area contributed by atoms with Crippen LogP contribution in [0.2, 0.25) is 5.02 Å². The van der Waals surface area contributed by atoms with Crippen LogP contribution in [0.5, 0.6) is 0 Å². The van der Waals surface area contributed by atoms with Gasteiger partial charge in [-0.25, -0.2) is 0 Å². The summed E-state index contributed by atoms with van der Waals surface area (Å²) in [5, 5.41) is 0.850. The van der Waals surface area contributed by atoms with E-state index in [0.717, 1.165) is 29.5 Å². The molecule has 0 radical (unpaired) electrons. The lowest BCUT2D eigenvalue weighted by atomic mass is 9.94. The Balaban J connectivity index is 2.72. The number of hydrogen-bond donors (Lipinski definition) is 0. The van der Waals surface area contributed by atoms with Crippen LogP contribution < -0.4 is 0 Å². The van der Waals surface area contributed by atoms with Crippen molar-refractivity contribution in [3.63, 3.8) is 0 Å². The quantitative estimate of drug-likeness (QED) is 0.653. The van der Waals surface area contributed by atoms with Gasteiger partial charge in [0.1, 0.15) is 0 Å². The van der Waals surface area contributed by atoms with Gasteiger partial charge in [-0.05, 0) is 36.3 Å². The highest BCUT2D eigenvalue weighted by Crippen LogP contribution is 2.23. The van der Waals surface area contributed by atoms with Crippen LogP contribution in [-0.4, -0.2) is 4.98 Å². The maximum Gasteiger partial charge on any atom is 0.0624 e. The number of nitrogens with zero attached hydrogens (tertiary/aromatic N) is 1. The molecule has 0 bridgehead atoms. The minimum absolute atomic E-state index is 0.650. The molecule has 0 N–H and O–H groups in total. The van der Waals surface area contributed by atoms with Crippen LogP contribution in [0.25, 0.3) is 0 Å². The summed E-state index contributed by atoms with van der Waals surface area (Å²) < 4.78 is 0. The molecule has 102 valence electrons. The molecule has 1 unspecified atom stereocenters. The second kappa shape index (κ2) is 7.78. The SMILES string of the molecule is CCCC(CC)Cc1ncc(CC(C)C)cc1Cl. The van der Waals surface area contributed by atoms with Gasteiger partial charge in [0.2, 0.25) is 0 Å². The summed E-state index contributed by atoms with van der Waals surface area (Å²) in [5.41, 5.74) is 2.33. The number of rotatable bonds is 7. The van der Waals surface area contributed by atoms with Gasteiger partial charge in [-0.15, -0.1) is 0 Å². The van der Waals surface area contributed by atoms with E-state index in [1.807, 2.05) is 6.20 Å². The van der Waals surface area contributed by atoms with E-state index in [1.54, 1.807) is 0 Å². The van der Waals surface area contributed by atoms with E-state index in [1.165, 1.54) is 24.8 Å². The number of halogens is 1. The van der Waals surface area contributed by atoms with Crippen LogP contribution in [-0.2, 0) is 12.8 Å². The fourth-order valence-corrected chi connectivity index (χ4v) is 2.64. The topological polar surface area (TPSA) is 12.9 Å². The van der Waals surface area contributed by atoms with Crippen molar-refractivity contribution < 1.29 is 0 Å². The van der Waals surface area contributed by atoms with Gasteiger partial charge in [-0.1, -0.05) is 58.6 Å². The highest BCUT2D eigenvalue weighted by Gasteiger charge is 2.11. The largest absolute Gasteiger partial charge is 0.259 e. The third kappa shape index (κ3) is 4.97. The third-order valence-corrected chi connectivity index (χ3v) is 3.70. The van der Waals surface area contributed by atoms with E-state index in [2.05, 4.69) is 38.7 Å². The molecule has 0 fully saturated rings. The maximum absolute atomic E-state index is 6.35. The lowest BCUT2D eigenvalue weighted by Crippen LogP contribution is -2.06. The highest BCUT2D eigenvalue weighted by atomic mass is 35.5. The lowest BCUT2D eigenvalue weighted by molar-refractivity contribution is 0.457. The minimum Gasteiger partial charge on any atom is -0.259 e. The van der Waals surface area contributed by atoms with E-state index in [0.29, 0.717) is 5.92 Å². The molecule has 0 aliphatic carbocycles. The van der Waals surface area contributed by atoms with Gasteiger partial charge in [-0.2, -0.15) is 0 Å². The van der Waals surface area contributed by atoms with E-state index in [9.17, 15) is 0 Å². The normalized spacial score (nSPS) is 13.0. The van der Waals surface area contributed by atoms with Gasteiger partial charge in [0.15, 0.2) is 0 Å². The van der Waals surface area contributed by atoms with Gasteiger partial charge in [0.25, 0.3) is 0 Å². The second-order valence-corrected chi connectivity index (χ2v) is 6.04. The Labute approximate surface area is 117 Å². The summed E-state index contributed by atoms with van der Waals surface area (Å²) in [6.07, 6.45) is 7.79. The van der Waals surface area contributed by atoms with Gasteiger partial charge in [0.05, 0.1) is 10.7 Å². The fraction of sp³-hybridized carbons (Fsp3) is 0.688. The summed E-state index contributed by atoms with van der Waals surface area (Å²) in [7, 11) is 0. The smallest absolute Gasteiger partial charge is 0.0624 e. The molecule has 1 aromatic rings. The zero-order valence-electron chi connectivity index (χ0n) is 12.2. The summed E-state index contributed by atoms with van der Waals surface area (Å²) >= 11 is 6.35. The Morgan fingerprint density at radius 1 is 1.22 bits per heavy atom. The van der Waals surface area contributed by atoms with Gasteiger partial charge in [-0.3, -0.25) is 4.98 Å². The first-order valence-electron chi connectivity index (χ1n) is 7.20. The molecular weight excluding hydrogens is 242 g/mol. The second-order valence-electron chi connectivity index (χ2n) is 5.64. The van der Waals surface area contributed by atoms with Crippen LogP contribution in [0, 0.1) is 11.8 Å². The molecule has 1 rings (SSSR count). The van der Waals surface area contributed by atoms with Gasteiger partial charge >= 0.3 is 0 Å². The molecule has 1 aromatic heterocycles. The first-order chi connectivity index (χ1) is 8.56. The average Bonchev–Trinajstić information content (AvgIpc) is 2.30. The maximum atomic E-state index is 6.35. The highest BCUT2D eigenvalue weighted by molar-refractivity contribution is 6.31. The standard InChI is InChI=1S/C16H26ClN/c1-5-7-13(6-2)10-16-15(17)9-14(11-18-16)8-12(3)4/h9,11-13H,5-8,10H2,1-4H3. The number of hydrogen-bond acceptors (Lipinski definition) is 1. The first-order valence-corrected chi connectivity index (χ1v) is 7.57. The van der Waals surface area contributed by atoms with Gasteiger partial charge in [0, 0.05) is 6.20 Å². The monoisotopic (exact) mass is 267 g/mol. The molecular formula is C16H26ClN. The van der Waals surface area contributed by atoms with Crippen molar-refractivity contribution in [3.05, 3.63) is 28.5 Å². The van der Waals surface area contributed by atoms with Crippen molar-refractivity contribution in [1.82, 2.24) is 4.98 Å². The zero-order valence-corrected chi connectivity index (χ0v) is 12.9. The van der Waals surface area contributed by atoms with E-state index < -0.39 is 0 Å². The van der Waals surface area contributed by atoms with Crippen molar-refractivity contribution >= 4 is 11.6 Å². The van der Waals surface area contributed by atoms with Gasteiger partial charge < -0.3 is 0 Å². The Bertz CT molecular complexity index is 360. The van der Waals surface area contributed by atoms with Crippen LogP contribution >= 0.6 is 11.6 Å². The van der Waals surface area contributed by atoms with Crippen LogP contribution in [0.3, 0.4) is 0 Å². The molecule has 2 heteroatoms. The Kier molecular flexibility index (Phi) is 6.70. The van der Waals surface area contributed by atoms with Crippen molar-refractivity contribution in [3.8, 4) is 0 Å². The van der Waals surface area contributed by atoms with E-state index in [4.69, 9.17) is 11.6 Å². The molecule has 0 amide bonds. The number of pyridine rings is 1. The van der Waals surface area contributed by atoms with Crippen LogP contribution in [0.1, 0.15) is 58.2 Å². The van der Waals surface area contributed by atoms with Crippen LogP contribution in [0.15, 0.2) is 12.3 Å². The first kappa shape index (κ1) is 15.5. The van der Waals surface area contributed by atoms with Crippen molar-refractivity contribution in [2.75, 3.05) is 0 Å². The van der Waals surface area contributed by atoms with Crippen molar-refractivity contribution in [2.24, 2.45) is 11.8 Å². The molecule has 0 spiro atoms. The molecule has 1 nitrogen and oxygen atoms in total. The molecule has 0 aromatic carbocycles. The van der Waals surface area contributed by atoms with E-state index >= 15 is 0 Å². The molecule has 18 heavy (non-hydrogen) atoms. The van der Waals surface area contributed by atoms with Crippen LogP contribution in [0.4, 0.5) is 0 Å². The molecule has 0 aliphatic heterocycles. The van der Waals surface area contributed by atoms with Crippen molar-refractivity contribution in [2.45, 2.75) is 59.8 Å². The Hall–Kier alpha value is -0.560. The zero-order chi connectivity index (χ0) is 13.5.